The van der Waals surface area contributed by atoms with E-state index in [1.165, 1.54) is 5.56 Å². The quantitative estimate of drug-likeness (QED) is 0.889. The maximum atomic E-state index is 10.6. The second kappa shape index (κ2) is 5.74. The minimum Gasteiger partial charge on any atom is -0.497 e. The fraction of sp³-hybridized carbons (Fsp3) is 0.647. The molecule has 0 spiro atoms. The van der Waals surface area contributed by atoms with Gasteiger partial charge in [0.2, 0.25) is 0 Å². The van der Waals surface area contributed by atoms with Crippen LogP contribution in [-0.4, -0.2) is 24.4 Å². The van der Waals surface area contributed by atoms with E-state index in [4.69, 9.17) is 10.5 Å². The highest BCUT2D eigenvalue weighted by atomic mass is 16.5. The first-order chi connectivity index (χ1) is 9.40. The zero-order chi connectivity index (χ0) is 14.8. The van der Waals surface area contributed by atoms with E-state index in [1.54, 1.807) is 7.11 Å². The molecule has 3 heteroatoms. The molecular weight excluding hydrogens is 250 g/mol. The summed E-state index contributed by atoms with van der Waals surface area (Å²) in [5.41, 5.74) is 6.26. The van der Waals surface area contributed by atoms with Crippen LogP contribution in [-0.2, 0) is 6.42 Å². The van der Waals surface area contributed by atoms with Gasteiger partial charge in [0, 0.05) is 6.54 Å². The largest absolute Gasteiger partial charge is 0.497 e. The Bertz CT molecular complexity index is 458. The molecule has 0 saturated heterocycles. The van der Waals surface area contributed by atoms with Crippen molar-refractivity contribution < 1.29 is 9.84 Å². The summed E-state index contributed by atoms with van der Waals surface area (Å²) in [4.78, 5) is 0. The molecule has 1 aliphatic carbocycles. The van der Waals surface area contributed by atoms with Gasteiger partial charge in [0.25, 0.3) is 0 Å². The number of hydrogen-bond donors (Lipinski definition) is 2. The lowest BCUT2D eigenvalue weighted by Gasteiger charge is -2.48. The van der Waals surface area contributed by atoms with Gasteiger partial charge in [-0.2, -0.15) is 0 Å². The van der Waals surface area contributed by atoms with E-state index in [2.05, 4.69) is 26.0 Å². The zero-order valence-electron chi connectivity index (χ0n) is 12.9. The lowest BCUT2D eigenvalue weighted by molar-refractivity contribution is -0.102. The standard InChI is InChI=1S/C17H27NO2/c1-16(2)11-14(7-8-17(16,19)12-18)9-13-5-4-6-15(10-13)20-3/h4-6,10,14,19H,7-9,11-12,18H2,1-3H3. The molecule has 0 bridgehead atoms. The van der Waals surface area contributed by atoms with Gasteiger partial charge in [0.1, 0.15) is 5.75 Å². The third kappa shape index (κ3) is 2.99. The number of hydrogen-bond acceptors (Lipinski definition) is 3. The number of methoxy groups -OCH3 is 1. The molecule has 0 radical (unpaired) electrons. The number of nitrogens with two attached hydrogens (primary N) is 1. The molecule has 0 heterocycles. The predicted octanol–water partition coefficient (Wildman–Crippen LogP) is 2.75. The third-order valence-electron chi connectivity index (χ3n) is 5.02. The van der Waals surface area contributed by atoms with E-state index in [9.17, 15) is 5.11 Å². The van der Waals surface area contributed by atoms with Gasteiger partial charge in [-0.25, -0.2) is 0 Å². The van der Waals surface area contributed by atoms with Crippen LogP contribution in [0, 0.1) is 11.3 Å². The molecule has 3 N–H and O–H groups in total. The molecule has 2 atom stereocenters. The van der Waals surface area contributed by atoms with Crippen molar-refractivity contribution in [3.05, 3.63) is 29.8 Å². The summed E-state index contributed by atoms with van der Waals surface area (Å²) in [5, 5.41) is 10.6. The van der Waals surface area contributed by atoms with Crippen molar-refractivity contribution in [2.75, 3.05) is 13.7 Å². The van der Waals surface area contributed by atoms with Gasteiger partial charge in [-0.05, 0) is 54.7 Å². The van der Waals surface area contributed by atoms with Crippen molar-refractivity contribution in [2.45, 2.75) is 45.1 Å². The van der Waals surface area contributed by atoms with Crippen LogP contribution in [0.2, 0.25) is 0 Å². The maximum Gasteiger partial charge on any atom is 0.119 e. The van der Waals surface area contributed by atoms with E-state index in [0.29, 0.717) is 12.5 Å². The fourth-order valence-corrected chi connectivity index (χ4v) is 3.48. The summed E-state index contributed by atoms with van der Waals surface area (Å²) in [7, 11) is 1.70. The minimum absolute atomic E-state index is 0.121. The van der Waals surface area contributed by atoms with E-state index in [0.717, 1.165) is 31.4 Å². The summed E-state index contributed by atoms with van der Waals surface area (Å²) in [6.45, 7) is 4.63. The summed E-state index contributed by atoms with van der Waals surface area (Å²) in [5.74, 6) is 1.51. The molecular formula is C17H27NO2. The van der Waals surface area contributed by atoms with Gasteiger partial charge in [0.05, 0.1) is 12.7 Å². The first-order valence-electron chi connectivity index (χ1n) is 7.45. The highest BCUT2D eigenvalue weighted by molar-refractivity contribution is 5.28. The van der Waals surface area contributed by atoms with Crippen molar-refractivity contribution >= 4 is 0 Å². The van der Waals surface area contributed by atoms with E-state index in [-0.39, 0.29) is 5.41 Å². The average molecular weight is 277 g/mol. The van der Waals surface area contributed by atoms with Crippen molar-refractivity contribution in [3.8, 4) is 5.75 Å². The first-order valence-corrected chi connectivity index (χ1v) is 7.45. The fourth-order valence-electron chi connectivity index (χ4n) is 3.48. The SMILES string of the molecule is COc1cccc(CC2CCC(O)(CN)C(C)(C)C2)c1. The Morgan fingerprint density at radius 2 is 2.15 bits per heavy atom. The summed E-state index contributed by atoms with van der Waals surface area (Å²) < 4.78 is 5.28. The Labute approximate surface area is 122 Å². The van der Waals surface area contributed by atoms with Crippen molar-refractivity contribution in [2.24, 2.45) is 17.1 Å². The van der Waals surface area contributed by atoms with Crippen LogP contribution in [0.3, 0.4) is 0 Å². The molecule has 0 aromatic heterocycles. The third-order valence-corrected chi connectivity index (χ3v) is 5.02. The second-order valence-electron chi connectivity index (χ2n) is 6.78. The van der Waals surface area contributed by atoms with Crippen molar-refractivity contribution in [1.29, 1.82) is 0 Å². The van der Waals surface area contributed by atoms with Gasteiger partial charge < -0.3 is 15.6 Å². The average Bonchev–Trinajstić information content (AvgIpc) is 2.43. The molecule has 1 saturated carbocycles. The molecule has 20 heavy (non-hydrogen) atoms. The predicted molar refractivity (Wildman–Crippen MR) is 81.8 cm³/mol. The summed E-state index contributed by atoms with van der Waals surface area (Å²) in [6.07, 6.45) is 3.89. The highest BCUT2D eigenvalue weighted by Crippen LogP contribution is 2.46. The molecule has 112 valence electrons. The highest BCUT2D eigenvalue weighted by Gasteiger charge is 2.46. The lowest BCUT2D eigenvalue weighted by Crippen LogP contribution is -2.54. The topological polar surface area (TPSA) is 55.5 Å². The van der Waals surface area contributed by atoms with Crippen molar-refractivity contribution in [1.82, 2.24) is 0 Å². The van der Waals surface area contributed by atoms with Crippen LogP contribution in [0.15, 0.2) is 24.3 Å². The molecule has 1 aromatic rings. The van der Waals surface area contributed by atoms with E-state index >= 15 is 0 Å². The molecule has 1 aliphatic rings. The van der Waals surface area contributed by atoms with Gasteiger partial charge in [0.15, 0.2) is 0 Å². The molecule has 1 aromatic carbocycles. The number of ether oxygens (including phenoxy) is 1. The summed E-state index contributed by atoms with van der Waals surface area (Å²) in [6, 6.07) is 8.27. The molecule has 3 nitrogen and oxygen atoms in total. The second-order valence-corrected chi connectivity index (χ2v) is 6.78. The number of rotatable bonds is 4. The molecule has 1 fully saturated rings. The van der Waals surface area contributed by atoms with E-state index in [1.807, 2.05) is 12.1 Å². The normalized spacial score (nSPS) is 29.1. The monoisotopic (exact) mass is 277 g/mol. The molecule has 0 aliphatic heterocycles. The Morgan fingerprint density at radius 3 is 2.75 bits per heavy atom. The van der Waals surface area contributed by atoms with Crippen LogP contribution in [0.25, 0.3) is 0 Å². The Hall–Kier alpha value is -1.06. The Kier molecular flexibility index (Phi) is 4.40. The van der Waals surface area contributed by atoms with Crippen LogP contribution in [0.1, 0.15) is 38.7 Å². The molecule has 0 amide bonds. The van der Waals surface area contributed by atoms with Crippen LogP contribution < -0.4 is 10.5 Å². The Morgan fingerprint density at radius 1 is 1.40 bits per heavy atom. The molecule has 2 rings (SSSR count). The van der Waals surface area contributed by atoms with Crippen molar-refractivity contribution in [3.63, 3.8) is 0 Å². The maximum absolute atomic E-state index is 10.6. The van der Waals surface area contributed by atoms with Gasteiger partial charge >= 0.3 is 0 Å². The number of benzene rings is 1. The van der Waals surface area contributed by atoms with E-state index < -0.39 is 5.60 Å². The smallest absolute Gasteiger partial charge is 0.119 e. The van der Waals surface area contributed by atoms with Gasteiger partial charge in [-0.15, -0.1) is 0 Å². The van der Waals surface area contributed by atoms with Crippen LogP contribution in [0.5, 0.6) is 5.75 Å². The zero-order valence-corrected chi connectivity index (χ0v) is 12.9. The van der Waals surface area contributed by atoms with Gasteiger partial charge in [-0.1, -0.05) is 26.0 Å². The van der Waals surface area contributed by atoms with Crippen LogP contribution in [0.4, 0.5) is 0 Å². The Balaban J connectivity index is 2.05. The number of aliphatic hydroxyl groups is 1. The molecule has 2 unspecified atom stereocenters. The summed E-state index contributed by atoms with van der Waals surface area (Å²) >= 11 is 0. The lowest BCUT2D eigenvalue weighted by atomic mass is 9.61. The minimum atomic E-state index is -0.710. The van der Waals surface area contributed by atoms with Gasteiger partial charge in [-0.3, -0.25) is 0 Å². The first kappa shape index (κ1) is 15.3. The van der Waals surface area contributed by atoms with Crippen LogP contribution >= 0.6 is 0 Å².